The van der Waals surface area contributed by atoms with Crippen molar-refractivity contribution < 1.29 is 19.1 Å². The van der Waals surface area contributed by atoms with Crippen LogP contribution in [0.3, 0.4) is 0 Å². The molecule has 6 heteroatoms. The lowest BCUT2D eigenvalue weighted by Gasteiger charge is -2.27. The molecule has 0 radical (unpaired) electrons. The molecule has 0 aromatic heterocycles. The van der Waals surface area contributed by atoms with Gasteiger partial charge in [-0.1, -0.05) is 20.8 Å². The third-order valence-electron chi connectivity index (χ3n) is 3.32. The average Bonchev–Trinajstić information content (AvgIpc) is 3.17. The summed E-state index contributed by atoms with van der Waals surface area (Å²) >= 11 is 0. The van der Waals surface area contributed by atoms with Crippen LogP contribution in [0.25, 0.3) is 0 Å². The van der Waals surface area contributed by atoms with Gasteiger partial charge in [0.2, 0.25) is 11.8 Å². The van der Waals surface area contributed by atoms with E-state index in [-0.39, 0.29) is 24.3 Å². The molecule has 1 fully saturated rings. The van der Waals surface area contributed by atoms with Gasteiger partial charge in [-0.2, -0.15) is 0 Å². The van der Waals surface area contributed by atoms with E-state index < -0.39 is 17.3 Å². The van der Waals surface area contributed by atoms with E-state index in [1.54, 1.807) is 6.92 Å². The maximum absolute atomic E-state index is 12.2. The van der Waals surface area contributed by atoms with Crippen LogP contribution in [-0.2, 0) is 19.1 Å². The summed E-state index contributed by atoms with van der Waals surface area (Å²) in [5.41, 5.74) is -0.520. The fraction of sp³-hybridized carbons (Fsp3) is 0.800. The molecule has 1 unspecified atom stereocenters. The van der Waals surface area contributed by atoms with Gasteiger partial charge in [-0.3, -0.25) is 14.4 Å². The number of carbonyl (C=O) groups excluding carboxylic acids is 3. The first-order chi connectivity index (χ1) is 9.77. The largest absolute Gasteiger partial charge is 0.465 e. The molecule has 0 heterocycles. The smallest absolute Gasteiger partial charge is 0.319 e. The normalized spacial score (nSPS) is 16.0. The van der Waals surface area contributed by atoms with E-state index in [9.17, 15) is 14.4 Å². The summed E-state index contributed by atoms with van der Waals surface area (Å²) in [6.45, 7) is 8.11. The summed E-state index contributed by atoms with van der Waals surface area (Å²) < 4.78 is 4.97. The van der Waals surface area contributed by atoms with Gasteiger partial charge in [0.1, 0.15) is 5.92 Å². The number of hydrogen-bond donors (Lipinski definition) is 2. The van der Waals surface area contributed by atoms with Gasteiger partial charge in [-0.05, 0) is 25.2 Å². The summed E-state index contributed by atoms with van der Waals surface area (Å²) in [5, 5.41) is 5.45. The van der Waals surface area contributed by atoms with Crippen molar-refractivity contribution in [3.63, 3.8) is 0 Å². The molecule has 2 amide bonds. The lowest BCUT2D eigenvalue weighted by Crippen LogP contribution is -2.45. The van der Waals surface area contributed by atoms with Crippen LogP contribution in [0.1, 0.15) is 40.5 Å². The molecule has 21 heavy (non-hydrogen) atoms. The number of nitrogens with one attached hydrogen (secondary N) is 2. The number of esters is 1. The number of carbonyl (C=O) groups is 3. The maximum Gasteiger partial charge on any atom is 0.319 e. The van der Waals surface area contributed by atoms with Crippen molar-refractivity contribution in [3.05, 3.63) is 0 Å². The zero-order chi connectivity index (χ0) is 16.0. The summed E-state index contributed by atoms with van der Waals surface area (Å²) in [6, 6.07) is 0. The minimum absolute atomic E-state index is 0.0435. The molecule has 1 saturated carbocycles. The molecule has 120 valence electrons. The van der Waals surface area contributed by atoms with E-state index in [4.69, 9.17) is 4.74 Å². The molecule has 1 aliphatic rings. The number of amides is 2. The third kappa shape index (κ3) is 5.73. The Morgan fingerprint density at radius 1 is 1.14 bits per heavy atom. The molecule has 0 bridgehead atoms. The molecule has 1 rings (SSSR count). The summed E-state index contributed by atoms with van der Waals surface area (Å²) in [5.74, 6) is -1.52. The lowest BCUT2D eigenvalue weighted by atomic mass is 9.80. The Morgan fingerprint density at radius 3 is 2.19 bits per heavy atom. The molecule has 1 atom stereocenters. The molecule has 2 N–H and O–H groups in total. The van der Waals surface area contributed by atoms with Crippen LogP contribution in [0.15, 0.2) is 0 Å². The molecule has 0 spiro atoms. The average molecular weight is 298 g/mol. The highest BCUT2D eigenvalue weighted by molar-refractivity contribution is 5.98. The Balaban J connectivity index is 2.41. The summed E-state index contributed by atoms with van der Waals surface area (Å²) in [4.78, 5) is 35.5. The molecule has 0 aromatic carbocycles. The third-order valence-corrected chi connectivity index (χ3v) is 3.32. The van der Waals surface area contributed by atoms with Crippen molar-refractivity contribution in [2.75, 3.05) is 19.7 Å². The second-order valence-corrected chi connectivity index (χ2v) is 6.41. The van der Waals surface area contributed by atoms with Gasteiger partial charge in [0.05, 0.1) is 6.61 Å². The van der Waals surface area contributed by atoms with Gasteiger partial charge in [-0.25, -0.2) is 0 Å². The summed E-state index contributed by atoms with van der Waals surface area (Å²) in [6.07, 6.45) is 1.90. The van der Waals surface area contributed by atoms with Gasteiger partial charge >= 0.3 is 5.97 Å². The van der Waals surface area contributed by atoms with Crippen molar-refractivity contribution in [2.45, 2.75) is 40.5 Å². The Hall–Kier alpha value is -1.59. The topological polar surface area (TPSA) is 84.5 Å². The van der Waals surface area contributed by atoms with Crippen LogP contribution in [-0.4, -0.2) is 37.5 Å². The maximum atomic E-state index is 12.2. The molecule has 0 aliphatic heterocycles. The lowest BCUT2D eigenvalue weighted by molar-refractivity contribution is -0.156. The minimum atomic E-state index is -0.850. The zero-order valence-corrected chi connectivity index (χ0v) is 13.3. The second kappa shape index (κ2) is 7.43. The number of rotatable bonds is 7. The van der Waals surface area contributed by atoms with Crippen LogP contribution >= 0.6 is 0 Å². The van der Waals surface area contributed by atoms with Crippen LogP contribution in [0, 0.1) is 17.3 Å². The first-order valence-electron chi connectivity index (χ1n) is 7.49. The van der Waals surface area contributed by atoms with Crippen molar-refractivity contribution in [2.24, 2.45) is 17.3 Å². The van der Waals surface area contributed by atoms with E-state index >= 15 is 0 Å². The predicted molar refractivity (Wildman–Crippen MR) is 78.3 cm³/mol. The van der Waals surface area contributed by atoms with E-state index in [1.807, 2.05) is 20.8 Å². The van der Waals surface area contributed by atoms with Gasteiger partial charge in [0, 0.05) is 19.0 Å². The first kappa shape index (κ1) is 17.5. The van der Waals surface area contributed by atoms with E-state index in [0.29, 0.717) is 13.1 Å². The van der Waals surface area contributed by atoms with Gasteiger partial charge in [0.15, 0.2) is 0 Å². The van der Waals surface area contributed by atoms with E-state index in [2.05, 4.69) is 10.6 Å². The number of hydrogen-bond acceptors (Lipinski definition) is 4. The van der Waals surface area contributed by atoms with Crippen molar-refractivity contribution in [3.8, 4) is 0 Å². The van der Waals surface area contributed by atoms with Gasteiger partial charge in [-0.15, -0.1) is 0 Å². The van der Waals surface area contributed by atoms with Crippen molar-refractivity contribution in [1.29, 1.82) is 0 Å². The zero-order valence-electron chi connectivity index (χ0n) is 13.3. The molecule has 0 saturated heterocycles. The highest BCUT2D eigenvalue weighted by atomic mass is 16.5. The Kier molecular flexibility index (Phi) is 6.18. The monoisotopic (exact) mass is 298 g/mol. The Bertz CT molecular complexity index is 397. The summed E-state index contributed by atoms with van der Waals surface area (Å²) in [7, 11) is 0. The molecular formula is C15H26N2O4. The standard InChI is InChI=1S/C15H26N2O4/c1-5-21-14(20)11(15(2,3)4)13(19)17-9-8-16-12(18)10-6-7-10/h10-11H,5-9H2,1-4H3,(H,16,18)(H,17,19). The quantitative estimate of drug-likeness (QED) is 0.415. The molecule has 6 nitrogen and oxygen atoms in total. The van der Waals surface area contributed by atoms with E-state index in [1.165, 1.54) is 0 Å². The van der Waals surface area contributed by atoms with Gasteiger partial charge < -0.3 is 15.4 Å². The Labute approximate surface area is 126 Å². The molecule has 0 aromatic rings. The van der Waals surface area contributed by atoms with Crippen LogP contribution < -0.4 is 10.6 Å². The fourth-order valence-corrected chi connectivity index (χ4v) is 2.04. The van der Waals surface area contributed by atoms with Crippen LogP contribution in [0.4, 0.5) is 0 Å². The van der Waals surface area contributed by atoms with Crippen LogP contribution in [0.2, 0.25) is 0 Å². The van der Waals surface area contributed by atoms with Crippen molar-refractivity contribution in [1.82, 2.24) is 10.6 Å². The predicted octanol–water partition coefficient (Wildman–Crippen LogP) is 0.854. The highest BCUT2D eigenvalue weighted by Crippen LogP contribution is 2.28. The van der Waals surface area contributed by atoms with Gasteiger partial charge in [0.25, 0.3) is 0 Å². The molecule has 1 aliphatic carbocycles. The SMILES string of the molecule is CCOC(=O)C(C(=O)NCCNC(=O)C1CC1)C(C)(C)C. The van der Waals surface area contributed by atoms with Crippen molar-refractivity contribution >= 4 is 17.8 Å². The fourth-order valence-electron chi connectivity index (χ4n) is 2.04. The minimum Gasteiger partial charge on any atom is -0.465 e. The highest BCUT2D eigenvalue weighted by Gasteiger charge is 2.38. The Morgan fingerprint density at radius 2 is 1.71 bits per heavy atom. The first-order valence-corrected chi connectivity index (χ1v) is 7.49. The number of ether oxygens (including phenoxy) is 1. The second-order valence-electron chi connectivity index (χ2n) is 6.41. The molecular weight excluding hydrogens is 272 g/mol. The van der Waals surface area contributed by atoms with Crippen LogP contribution in [0.5, 0.6) is 0 Å². The van der Waals surface area contributed by atoms with E-state index in [0.717, 1.165) is 12.8 Å².